The summed E-state index contributed by atoms with van der Waals surface area (Å²) in [6.07, 6.45) is 9.78. The van der Waals surface area contributed by atoms with E-state index < -0.39 is 6.10 Å². The summed E-state index contributed by atoms with van der Waals surface area (Å²) >= 11 is 0. The zero-order chi connectivity index (χ0) is 13.7. The van der Waals surface area contributed by atoms with Gasteiger partial charge in [0.2, 0.25) is 0 Å². The Morgan fingerprint density at radius 2 is 1.68 bits per heavy atom. The van der Waals surface area contributed by atoms with Crippen LogP contribution < -0.4 is 5.56 Å². The number of aliphatic hydroxyl groups excluding tert-OH is 1. The molecule has 106 valence electrons. The minimum atomic E-state index is -0.492. The molecule has 0 saturated carbocycles. The van der Waals surface area contributed by atoms with E-state index >= 15 is 0 Å². The Hall–Kier alpha value is -1.09. The third kappa shape index (κ3) is 3.69. The summed E-state index contributed by atoms with van der Waals surface area (Å²) in [5, 5.41) is 10.4. The van der Waals surface area contributed by atoms with Gasteiger partial charge in [-0.25, -0.2) is 0 Å². The van der Waals surface area contributed by atoms with E-state index in [1.54, 1.807) is 17.7 Å². The van der Waals surface area contributed by atoms with Gasteiger partial charge in [-0.3, -0.25) is 4.79 Å². The molecule has 1 aromatic rings. The molecule has 3 heteroatoms. The molecule has 0 bridgehead atoms. The molecule has 1 N–H and O–H groups in total. The molecule has 0 fully saturated rings. The van der Waals surface area contributed by atoms with Crippen molar-refractivity contribution in [2.45, 2.75) is 63.9 Å². The van der Waals surface area contributed by atoms with Gasteiger partial charge in [-0.2, -0.15) is 0 Å². The predicted octanol–water partition coefficient (Wildman–Crippen LogP) is 3.10. The summed E-state index contributed by atoms with van der Waals surface area (Å²) < 4.78 is 1.63. The van der Waals surface area contributed by atoms with Crippen LogP contribution in [-0.2, 0) is 13.5 Å². The highest BCUT2D eigenvalue weighted by Crippen LogP contribution is 2.24. The summed E-state index contributed by atoms with van der Waals surface area (Å²) in [4.78, 5) is 11.8. The average molecular weight is 263 g/mol. The van der Waals surface area contributed by atoms with E-state index in [0.29, 0.717) is 0 Å². The molecule has 0 aliphatic heterocycles. The molecular formula is C16H25NO2. The van der Waals surface area contributed by atoms with Crippen LogP contribution in [0.25, 0.3) is 0 Å². The number of aliphatic hydroxyl groups is 1. The molecule has 1 aliphatic rings. The lowest BCUT2D eigenvalue weighted by Crippen LogP contribution is -2.23. The van der Waals surface area contributed by atoms with Crippen LogP contribution in [0.5, 0.6) is 0 Å². The standard InChI is InChI=1S/C16H25NO2/c1-17-15(19)12-11-13-9-7-5-3-2-4-6-8-10-14(18)16(13)17/h11-12,14,18H,2-10H2,1H3. The van der Waals surface area contributed by atoms with Crippen molar-refractivity contribution >= 4 is 0 Å². The maximum atomic E-state index is 11.8. The molecule has 19 heavy (non-hydrogen) atoms. The highest BCUT2D eigenvalue weighted by Gasteiger charge is 2.16. The van der Waals surface area contributed by atoms with Gasteiger partial charge in [0.25, 0.3) is 5.56 Å². The Balaban J connectivity index is 2.27. The third-order valence-corrected chi connectivity index (χ3v) is 4.19. The summed E-state index contributed by atoms with van der Waals surface area (Å²) in [6, 6.07) is 3.53. The summed E-state index contributed by atoms with van der Waals surface area (Å²) in [7, 11) is 1.77. The van der Waals surface area contributed by atoms with E-state index in [2.05, 4.69) is 0 Å². The zero-order valence-corrected chi connectivity index (χ0v) is 11.9. The number of fused-ring (bicyclic) bond motifs is 1. The fraction of sp³-hybridized carbons (Fsp3) is 0.688. The van der Waals surface area contributed by atoms with Gasteiger partial charge in [0.1, 0.15) is 0 Å². The number of rotatable bonds is 0. The monoisotopic (exact) mass is 263 g/mol. The number of hydrogen-bond acceptors (Lipinski definition) is 2. The van der Waals surface area contributed by atoms with Crippen LogP contribution in [0.3, 0.4) is 0 Å². The Morgan fingerprint density at radius 1 is 1.05 bits per heavy atom. The minimum absolute atomic E-state index is 0.0232. The molecule has 0 aromatic carbocycles. The summed E-state index contributed by atoms with van der Waals surface area (Å²) in [6.45, 7) is 0. The zero-order valence-electron chi connectivity index (χ0n) is 11.9. The molecule has 1 aromatic heterocycles. The van der Waals surface area contributed by atoms with Crippen molar-refractivity contribution in [3.8, 4) is 0 Å². The fourth-order valence-electron chi connectivity index (χ4n) is 3.03. The number of nitrogens with zero attached hydrogens (tertiary/aromatic N) is 1. The Morgan fingerprint density at radius 3 is 2.42 bits per heavy atom. The summed E-state index contributed by atoms with van der Waals surface area (Å²) in [5.41, 5.74) is 1.97. The first-order valence-electron chi connectivity index (χ1n) is 7.57. The van der Waals surface area contributed by atoms with Crippen molar-refractivity contribution in [2.75, 3.05) is 0 Å². The van der Waals surface area contributed by atoms with Crippen molar-refractivity contribution in [1.82, 2.24) is 4.57 Å². The molecule has 2 rings (SSSR count). The first-order valence-corrected chi connectivity index (χ1v) is 7.57. The lowest BCUT2D eigenvalue weighted by molar-refractivity contribution is 0.152. The van der Waals surface area contributed by atoms with Gasteiger partial charge in [0.15, 0.2) is 0 Å². The van der Waals surface area contributed by atoms with Crippen LogP contribution in [0, 0.1) is 0 Å². The molecule has 0 amide bonds. The molecule has 1 heterocycles. The third-order valence-electron chi connectivity index (χ3n) is 4.19. The fourth-order valence-corrected chi connectivity index (χ4v) is 3.03. The van der Waals surface area contributed by atoms with Gasteiger partial charge < -0.3 is 9.67 Å². The SMILES string of the molecule is Cn1c2c(ccc1=O)CCCCCCCCCC2O. The van der Waals surface area contributed by atoms with Gasteiger partial charge in [0.05, 0.1) is 11.8 Å². The summed E-state index contributed by atoms with van der Waals surface area (Å²) in [5.74, 6) is 0. The van der Waals surface area contributed by atoms with Crippen LogP contribution in [0.2, 0.25) is 0 Å². The second-order valence-electron chi connectivity index (χ2n) is 5.67. The van der Waals surface area contributed by atoms with Gasteiger partial charge in [-0.1, -0.05) is 44.6 Å². The predicted molar refractivity (Wildman–Crippen MR) is 77.3 cm³/mol. The Bertz CT molecular complexity index is 464. The van der Waals surface area contributed by atoms with Crippen LogP contribution in [0.15, 0.2) is 16.9 Å². The van der Waals surface area contributed by atoms with Crippen molar-refractivity contribution < 1.29 is 5.11 Å². The molecular weight excluding hydrogens is 238 g/mol. The normalized spacial score (nSPS) is 22.1. The highest BCUT2D eigenvalue weighted by molar-refractivity contribution is 5.23. The Labute approximate surface area is 115 Å². The number of aromatic nitrogens is 1. The van der Waals surface area contributed by atoms with Gasteiger partial charge in [-0.05, 0) is 24.8 Å². The molecule has 1 unspecified atom stereocenters. The van der Waals surface area contributed by atoms with Crippen molar-refractivity contribution in [3.05, 3.63) is 33.7 Å². The van der Waals surface area contributed by atoms with E-state index in [-0.39, 0.29) is 5.56 Å². The van der Waals surface area contributed by atoms with Crippen LogP contribution in [0.1, 0.15) is 68.7 Å². The van der Waals surface area contributed by atoms with E-state index in [0.717, 1.165) is 36.9 Å². The van der Waals surface area contributed by atoms with Gasteiger partial charge >= 0.3 is 0 Å². The molecule has 0 radical (unpaired) electrons. The lowest BCUT2D eigenvalue weighted by atomic mass is 9.96. The van der Waals surface area contributed by atoms with Gasteiger partial charge in [-0.15, -0.1) is 0 Å². The molecule has 3 nitrogen and oxygen atoms in total. The first kappa shape index (κ1) is 14.3. The van der Waals surface area contributed by atoms with E-state index in [1.807, 2.05) is 6.07 Å². The van der Waals surface area contributed by atoms with Crippen LogP contribution in [-0.4, -0.2) is 9.67 Å². The number of hydrogen-bond donors (Lipinski definition) is 1. The highest BCUT2D eigenvalue weighted by atomic mass is 16.3. The maximum Gasteiger partial charge on any atom is 0.250 e. The molecule has 1 aliphatic carbocycles. The van der Waals surface area contributed by atoms with Gasteiger partial charge in [0, 0.05) is 13.1 Å². The van der Waals surface area contributed by atoms with Crippen LogP contribution >= 0.6 is 0 Å². The molecule has 0 saturated heterocycles. The average Bonchev–Trinajstić information content (AvgIpc) is 2.39. The van der Waals surface area contributed by atoms with Crippen molar-refractivity contribution in [2.24, 2.45) is 7.05 Å². The maximum absolute atomic E-state index is 11.8. The van der Waals surface area contributed by atoms with E-state index in [4.69, 9.17) is 0 Å². The van der Waals surface area contributed by atoms with Crippen molar-refractivity contribution in [1.29, 1.82) is 0 Å². The quantitative estimate of drug-likeness (QED) is 0.781. The van der Waals surface area contributed by atoms with Crippen molar-refractivity contribution in [3.63, 3.8) is 0 Å². The molecule has 1 atom stereocenters. The second kappa shape index (κ2) is 6.90. The van der Waals surface area contributed by atoms with E-state index in [1.165, 1.54) is 32.1 Å². The lowest BCUT2D eigenvalue weighted by Gasteiger charge is -2.19. The Kier molecular flexibility index (Phi) is 5.20. The number of aryl methyl sites for hydroxylation is 1. The minimum Gasteiger partial charge on any atom is -0.387 e. The largest absolute Gasteiger partial charge is 0.387 e. The molecule has 0 spiro atoms. The second-order valence-corrected chi connectivity index (χ2v) is 5.67. The smallest absolute Gasteiger partial charge is 0.250 e. The van der Waals surface area contributed by atoms with E-state index in [9.17, 15) is 9.90 Å². The first-order chi connectivity index (χ1) is 9.20. The number of pyridine rings is 1. The topological polar surface area (TPSA) is 42.2 Å². The van der Waals surface area contributed by atoms with Crippen LogP contribution in [0.4, 0.5) is 0 Å².